The van der Waals surface area contributed by atoms with Gasteiger partial charge in [0.1, 0.15) is 17.3 Å². The minimum Gasteiger partial charge on any atom is -0.495 e. The quantitative estimate of drug-likeness (QED) is 0.664. The van der Waals surface area contributed by atoms with Crippen LogP contribution in [0.3, 0.4) is 0 Å². The van der Waals surface area contributed by atoms with E-state index in [1.54, 1.807) is 25.3 Å². The van der Waals surface area contributed by atoms with Crippen LogP contribution in [0.2, 0.25) is 0 Å². The molecule has 0 saturated carbocycles. The number of hydrogen-bond donors (Lipinski definition) is 1. The fourth-order valence-electron chi connectivity index (χ4n) is 3.41. The molecule has 0 aliphatic carbocycles. The molecule has 0 fully saturated rings. The van der Waals surface area contributed by atoms with Crippen molar-refractivity contribution in [2.45, 2.75) is 34.2 Å². The topological polar surface area (TPSA) is 43.3 Å². The van der Waals surface area contributed by atoms with Gasteiger partial charge in [-0.2, -0.15) is 0 Å². The highest BCUT2D eigenvalue weighted by Crippen LogP contribution is 2.28. The Bertz CT molecular complexity index is 1040. The van der Waals surface area contributed by atoms with E-state index in [4.69, 9.17) is 4.74 Å². The van der Waals surface area contributed by atoms with E-state index in [0.717, 1.165) is 22.4 Å². The van der Waals surface area contributed by atoms with E-state index in [1.807, 2.05) is 50.5 Å². The van der Waals surface area contributed by atoms with Crippen molar-refractivity contribution >= 4 is 11.6 Å². The molecule has 0 saturated heterocycles. The predicted molar refractivity (Wildman–Crippen MR) is 110 cm³/mol. The summed E-state index contributed by atoms with van der Waals surface area (Å²) in [4.78, 5) is 13.2. The number of aryl methyl sites for hydroxylation is 1. The number of amides is 1. The lowest BCUT2D eigenvalue weighted by molar-refractivity contribution is 0.101. The van der Waals surface area contributed by atoms with Crippen molar-refractivity contribution < 1.29 is 13.9 Å². The van der Waals surface area contributed by atoms with E-state index < -0.39 is 0 Å². The summed E-state index contributed by atoms with van der Waals surface area (Å²) in [5.41, 5.74) is 5.56. The maximum atomic E-state index is 14.2. The van der Waals surface area contributed by atoms with Crippen LogP contribution in [0.15, 0.2) is 42.5 Å². The number of benzene rings is 2. The van der Waals surface area contributed by atoms with Gasteiger partial charge < -0.3 is 14.6 Å². The third-order valence-corrected chi connectivity index (χ3v) is 5.24. The van der Waals surface area contributed by atoms with E-state index in [2.05, 4.69) is 5.32 Å². The first-order valence-electron chi connectivity index (χ1n) is 9.19. The van der Waals surface area contributed by atoms with Crippen molar-refractivity contribution in [2.75, 3.05) is 12.4 Å². The predicted octanol–water partition coefficient (Wildman–Crippen LogP) is 5.17. The van der Waals surface area contributed by atoms with E-state index in [1.165, 1.54) is 6.07 Å². The molecule has 0 bridgehead atoms. The average molecular weight is 380 g/mol. The maximum Gasteiger partial charge on any atom is 0.272 e. The van der Waals surface area contributed by atoms with Gasteiger partial charge in [-0.1, -0.05) is 24.3 Å². The SMILES string of the molecule is COc1ccc(C)cc1NC(=O)c1c(C)c(C)c(C)n1Cc1ccccc1F. The molecular formula is C23H25FN2O2. The highest BCUT2D eigenvalue weighted by molar-refractivity contribution is 6.05. The van der Waals surface area contributed by atoms with Crippen molar-refractivity contribution in [1.82, 2.24) is 4.57 Å². The zero-order valence-electron chi connectivity index (χ0n) is 16.9. The van der Waals surface area contributed by atoms with Crippen molar-refractivity contribution in [3.05, 3.63) is 81.9 Å². The van der Waals surface area contributed by atoms with Crippen LogP contribution in [0.25, 0.3) is 0 Å². The summed E-state index contributed by atoms with van der Waals surface area (Å²) in [6.45, 7) is 8.10. The van der Waals surface area contributed by atoms with Crippen molar-refractivity contribution in [3.8, 4) is 5.75 Å². The van der Waals surface area contributed by atoms with Crippen molar-refractivity contribution in [3.63, 3.8) is 0 Å². The smallest absolute Gasteiger partial charge is 0.272 e. The summed E-state index contributed by atoms with van der Waals surface area (Å²) in [5, 5.41) is 2.96. The van der Waals surface area contributed by atoms with Gasteiger partial charge in [0, 0.05) is 11.3 Å². The molecule has 0 radical (unpaired) electrons. The van der Waals surface area contributed by atoms with E-state index in [-0.39, 0.29) is 11.7 Å². The summed E-state index contributed by atoms with van der Waals surface area (Å²) in [6, 6.07) is 12.3. The van der Waals surface area contributed by atoms with Crippen LogP contribution >= 0.6 is 0 Å². The summed E-state index contributed by atoms with van der Waals surface area (Å²) >= 11 is 0. The number of halogens is 1. The minimum absolute atomic E-state index is 0.242. The Morgan fingerprint density at radius 3 is 2.46 bits per heavy atom. The molecule has 1 N–H and O–H groups in total. The summed E-state index contributed by atoms with van der Waals surface area (Å²) < 4.78 is 21.4. The minimum atomic E-state index is -0.280. The monoisotopic (exact) mass is 380 g/mol. The van der Waals surface area contributed by atoms with Crippen LogP contribution in [-0.4, -0.2) is 17.6 Å². The molecule has 0 atom stereocenters. The van der Waals surface area contributed by atoms with Gasteiger partial charge in [-0.25, -0.2) is 4.39 Å². The molecule has 2 aromatic carbocycles. The fraction of sp³-hybridized carbons (Fsp3) is 0.261. The van der Waals surface area contributed by atoms with Gasteiger partial charge in [-0.15, -0.1) is 0 Å². The third-order valence-electron chi connectivity index (χ3n) is 5.24. The second-order valence-electron chi connectivity index (χ2n) is 7.02. The van der Waals surface area contributed by atoms with Gasteiger partial charge in [0.2, 0.25) is 0 Å². The summed E-state index contributed by atoms with van der Waals surface area (Å²) in [7, 11) is 1.57. The van der Waals surface area contributed by atoms with E-state index in [0.29, 0.717) is 29.2 Å². The van der Waals surface area contributed by atoms with E-state index in [9.17, 15) is 9.18 Å². The number of anilines is 1. The van der Waals surface area contributed by atoms with Gasteiger partial charge >= 0.3 is 0 Å². The third kappa shape index (κ3) is 3.65. The molecule has 146 valence electrons. The lowest BCUT2D eigenvalue weighted by Gasteiger charge is -2.15. The largest absolute Gasteiger partial charge is 0.495 e. The van der Waals surface area contributed by atoms with Crippen molar-refractivity contribution in [2.24, 2.45) is 0 Å². The van der Waals surface area contributed by atoms with Gasteiger partial charge in [0.25, 0.3) is 5.91 Å². The number of aromatic nitrogens is 1. The molecule has 3 aromatic rings. The second kappa shape index (κ2) is 7.89. The first-order chi connectivity index (χ1) is 13.3. The van der Waals surface area contributed by atoms with Gasteiger partial charge in [-0.3, -0.25) is 4.79 Å². The van der Waals surface area contributed by atoms with Crippen LogP contribution in [0, 0.1) is 33.5 Å². The van der Waals surface area contributed by atoms with Gasteiger partial charge in [0.15, 0.2) is 0 Å². The zero-order valence-corrected chi connectivity index (χ0v) is 16.9. The molecule has 1 heterocycles. The number of carbonyl (C=O) groups excluding carboxylic acids is 1. The summed E-state index contributed by atoms with van der Waals surface area (Å²) in [5.74, 6) is 0.0730. The average Bonchev–Trinajstić information content (AvgIpc) is 2.87. The molecule has 3 rings (SSSR count). The lowest BCUT2D eigenvalue weighted by atomic mass is 10.1. The highest BCUT2D eigenvalue weighted by Gasteiger charge is 2.22. The molecule has 5 heteroatoms. The van der Waals surface area contributed by atoms with Gasteiger partial charge in [-0.05, 0) is 62.6 Å². The van der Waals surface area contributed by atoms with Gasteiger partial charge in [0.05, 0.1) is 19.3 Å². The number of nitrogens with zero attached hydrogens (tertiary/aromatic N) is 1. The first kappa shape index (κ1) is 19.7. The Labute approximate surface area is 165 Å². The Morgan fingerprint density at radius 1 is 1.07 bits per heavy atom. The molecule has 1 amide bonds. The molecule has 0 aliphatic rings. The van der Waals surface area contributed by atoms with Crippen LogP contribution in [0.5, 0.6) is 5.75 Å². The number of methoxy groups -OCH3 is 1. The highest BCUT2D eigenvalue weighted by atomic mass is 19.1. The maximum absolute atomic E-state index is 14.2. The standard InChI is InChI=1S/C23H25FN2O2/c1-14-10-11-21(28-5)20(12-14)25-23(27)22-16(3)15(2)17(4)26(22)13-18-8-6-7-9-19(18)24/h6-12H,13H2,1-5H3,(H,25,27). The normalized spacial score (nSPS) is 10.8. The Hall–Kier alpha value is -3.08. The molecule has 0 unspecified atom stereocenters. The van der Waals surface area contributed by atoms with Crippen LogP contribution < -0.4 is 10.1 Å². The fourth-order valence-corrected chi connectivity index (χ4v) is 3.41. The number of carbonyl (C=O) groups is 1. The molecular weight excluding hydrogens is 355 g/mol. The first-order valence-corrected chi connectivity index (χ1v) is 9.19. The number of ether oxygens (including phenoxy) is 1. The van der Waals surface area contributed by atoms with Crippen LogP contribution in [0.4, 0.5) is 10.1 Å². The Balaban J connectivity index is 2.02. The van der Waals surface area contributed by atoms with Crippen molar-refractivity contribution in [1.29, 1.82) is 0 Å². The number of rotatable bonds is 5. The molecule has 0 spiro atoms. The Kier molecular flexibility index (Phi) is 5.54. The Morgan fingerprint density at radius 2 is 1.79 bits per heavy atom. The molecule has 1 aromatic heterocycles. The second-order valence-corrected chi connectivity index (χ2v) is 7.02. The molecule has 28 heavy (non-hydrogen) atoms. The zero-order chi connectivity index (χ0) is 20.4. The molecule has 4 nitrogen and oxygen atoms in total. The number of hydrogen-bond acceptors (Lipinski definition) is 2. The molecule has 0 aliphatic heterocycles. The van der Waals surface area contributed by atoms with Crippen LogP contribution in [0.1, 0.15) is 38.4 Å². The van der Waals surface area contributed by atoms with Crippen LogP contribution in [-0.2, 0) is 6.54 Å². The lowest BCUT2D eigenvalue weighted by Crippen LogP contribution is -2.20. The van der Waals surface area contributed by atoms with E-state index >= 15 is 0 Å². The summed E-state index contributed by atoms with van der Waals surface area (Å²) in [6.07, 6.45) is 0. The number of nitrogens with one attached hydrogen (secondary N) is 1.